The van der Waals surface area contributed by atoms with Crippen molar-refractivity contribution in [3.05, 3.63) is 0 Å². The van der Waals surface area contributed by atoms with Gasteiger partial charge in [0.15, 0.2) is 0 Å². The maximum absolute atomic E-state index is 14.4. The minimum Gasteiger partial charge on any atom is -0.247 e. The molecule has 0 bridgehead atoms. The first-order valence-electron chi connectivity index (χ1n) is 9.82. The zero-order valence-corrected chi connectivity index (χ0v) is 14.4. The molecule has 0 aromatic rings. The van der Waals surface area contributed by atoms with Crippen LogP contribution in [0.2, 0.25) is 0 Å². The van der Waals surface area contributed by atoms with Crippen LogP contribution in [0.4, 0.5) is 8.78 Å². The van der Waals surface area contributed by atoms with Crippen LogP contribution < -0.4 is 0 Å². The van der Waals surface area contributed by atoms with Crippen LogP contribution in [0, 0.1) is 35.5 Å². The van der Waals surface area contributed by atoms with Gasteiger partial charge in [-0.1, -0.05) is 26.7 Å². The predicted molar refractivity (Wildman–Crippen MR) is 88.3 cm³/mol. The fourth-order valence-electron chi connectivity index (χ4n) is 5.76. The molecular formula is C20H34F2. The van der Waals surface area contributed by atoms with E-state index < -0.39 is 12.3 Å². The zero-order chi connectivity index (χ0) is 15.7. The molecule has 0 N–H and O–H groups in total. The molecule has 128 valence electrons. The van der Waals surface area contributed by atoms with Gasteiger partial charge >= 0.3 is 0 Å². The van der Waals surface area contributed by atoms with Gasteiger partial charge < -0.3 is 0 Å². The largest absolute Gasteiger partial charge is 0.247 e. The minimum atomic E-state index is -0.893. The van der Waals surface area contributed by atoms with Crippen LogP contribution >= 0.6 is 0 Å². The number of alkyl halides is 2. The van der Waals surface area contributed by atoms with Gasteiger partial charge in [0.2, 0.25) is 0 Å². The number of hydrogen-bond acceptors (Lipinski definition) is 0. The number of rotatable bonds is 2. The molecule has 3 aliphatic rings. The summed E-state index contributed by atoms with van der Waals surface area (Å²) in [4.78, 5) is 0. The molecule has 3 fully saturated rings. The summed E-state index contributed by atoms with van der Waals surface area (Å²) >= 11 is 0. The summed E-state index contributed by atoms with van der Waals surface area (Å²) in [6.45, 7) is 4.37. The van der Waals surface area contributed by atoms with Gasteiger partial charge in [0.05, 0.1) is 0 Å². The Hall–Kier alpha value is -0.140. The summed E-state index contributed by atoms with van der Waals surface area (Å²) in [6.07, 6.45) is 9.60. The Balaban J connectivity index is 1.51. The maximum atomic E-state index is 14.4. The Morgan fingerprint density at radius 1 is 0.545 bits per heavy atom. The van der Waals surface area contributed by atoms with Crippen LogP contribution in [-0.4, -0.2) is 12.3 Å². The number of hydrogen-bond donors (Lipinski definition) is 0. The lowest BCUT2D eigenvalue weighted by atomic mass is 9.64. The van der Waals surface area contributed by atoms with E-state index in [2.05, 4.69) is 6.92 Å². The first-order chi connectivity index (χ1) is 10.5. The van der Waals surface area contributed by atoms with Gasteiger partial charge in [0.1, 0.15) is 12.3 Å². The summed E-state index contributed by atoms with van der Waals surface area (Å²) in [5.41, 5.74) is 0. The van der Waals surface area contributed by atoms with E-state index in [1.807, 2.05) is 6.92 Å². The molecule has 2 heteroatoms. The molecule has 0 heterocycles. The van der Waals surface area contributed by atoms with Gasteiger partial charge in [-0.25, -0.2) is 8.78 Å². The zero-order valence-electron chi connectivity index (χ0n) is 14.4. The van der Waals surface area contributed by atoms with Crippen LogP contribution in [0.5, 0.6) is 0 Å². The third-order valence-electron chi connectivity index (χ3n) is 7.18. The monoisotopic (exact) mass is 312 g/mol. The molecule has 0 aromatic carbocycles. The van der Waals surface area contributed by atoms with E-state index in [4.69, 9.17) is 0 Å². The van der Waals surface area contributed by atoms with Gasteiger partial charge in [0, 0.05) is 5.92 Å². The third kappa shape index (κ3) is 3.67. The minimum absolute atomic E-state index is 0.224. The second-order valence-corrected chi connectivity index (χ2v) is 8.88. The Morgan fingerprint density at radius 2 is 0.955 bits per heavy atom. The molecule has 0 spiro atoms. The Morgan fingerprint density at radius 3 is 1.45 bits per heavy atom. The van der Waals surface area contributed by atoms with Crippen molar-refractivity contribution in [2.45, 2.75) is 90.4 Å². The van der Waals surface area contributed by atoms with E-state index in [0.29, 0.717) is 18.8 Å². The fraction of sp³-hybridized carbons (Fsp3) is 1.00. The Labute approximate surface area is 135 Å². The molecule has 22 heavy (non-hydrogen) atoms. The molecule has 0 radical (unpaired) electrons. The van der Waals surface area contributed by atoms with E-state index >= 15 is 0 Å². The molecule has 0 saturated heterocycles. The predicted octanol–water partition coefficient (Wildman–Crippen LogP) is 6.34. The molecule has 0 nitrogen and oxygen atoms in total. The fourth-order valence-corrected chi connectivity index (χ4v) is 5.76. The third-order valence-corrected chi connectivity index (χ3v) is 7.18. The smallest absolute Gasteiger partial charge is 0.106 e. The summed E-state index contributed by atoms with van der Waals surface area (Å²) in [5, 5.41) is 0. The standard InChI is InChI=1S/C20H34F2/c1-13-3-5-15(6-4-13)16-7-9-17(10-8-16)20-18(21)11-14(2)12-19(20)22/h13-20H,3-12H2,1-2H3. The van der Waals surface area contributed by atoms with E-state index in [0.717, 1.165) is 30.6 Å². The lowest BCUT2D eigenvalue weighted by Gasteiger charge is -2.43. The van der Waals surface area contributed by atoms with Crippen LogP contribution in [0.3, 0.4) is 0 Å². The molecule has 3 saturated carbocycles. The van der Waals surface area contributed by atoms with Crippen molar-refractivity contribution < 1.29 is 8.78 Å². The Kier molecular flexibility index (Phi) is 5.45. The molecule has 2 atom stereocenters. The van der Waals surface area contributed by atoms with E-state index in [9.17, 15) is 8.78 Å². The van der Waals surface area contributed by atoms with Gasteiger partial charge in [0.25, 0.3) is 0 Å². The van der Waals surface area contributed by atoms with E-state index in [-0.39, 0.29) is 11.8 Å². The highest BCUT2D eigenvalue weighted by Gasteiger charge is 2.43. The Bertz CT molecular complexity index is 328. The van der Waals surface area contributed by atoms with E-state index in [1.165, 1.54) is 38.5 Å². The van der Waals surface area contributed by atoms with Crippen molar-refractivity contribution in [1.29, 1.82) is 0 Å². The van der Waals surface area contributed by atoms with Crippen molar-refractivity contribution >= 4 is 0 Å². The van der Waals surface area contributed by atoms with Crippen LogP contribution in [0.1, 0.15) is 78.1 Å². The van der Waals surface area contributed by atoms with Crippen molar-refractivity contribution in [3.63, 3.8) is 0 Å². The number of halogens is 2. The second-order valence-electron chi connectivity index (χ2n) is 8.88. The average Bonchev–Trinajstić information content (AvgIpc) is 2.48. The van der Waals surface area contributed by atoms with Gasteiger partial charge in [-0.15, -0.1) is 0 Å². The second kappa shape index (κ2) is 7.18. The topological polar surface area (TPSA) is 0 Å². The average molecular weight is 312 g/mol. The van der Waals surface area contributed by atoms with Crippen LogP contribution in [0.25, 0.3) is 0 Å². The SMILES string of the molecule is CC1CCC(C2CCC(C3C(F)CC(C)CC3F)CC2)CC1. The first-order valence-corrected chi connectivity index (χ1v) is 9.82. The van der Waals surface area contributed by atoms with Gasteiger partial charge in [-0.2, -0.15) is 0 Å². The highest BCUT2D eigenvalue weighted by atomic mass is 19.1. The molecular weight excluding hydrogens is 278 g/mol. The van der Waals surface area contributed by atoms with Crippen molar-refractivity contribution in [2.75, 3.05) is 0 Å². The van der Waals surface area contributed by atoms with Crippen LogP contribution in [-0.2, 0) is 0 Å². The molecule has 2 unspecified atom stereocenters. The van der Waals surface area contributed by atoms with Crippen molar-refractivity contribution in [1.82, 2.24) is 0 Å². The highest BCUT2D eigenvalue weighted by Crippen LogP contribution is 2.47. The molecule has 3 rings (SSSR count). The lowest BCUT2D eigenvalue weighted by Crippen LogP contribution is -2.41. The van der Waals surface area contributed by atoms with Crippen molar-refractivity contribution in [2.24, 2.45) is 35.5 Å². The lowest BCUT2D eigenvalue weighted by molar-refractivity contribution is -0.00713. The summed E-state index contributed by atoms with van der Waals surface area (Å²) < 4.78 is 28.8. The molecule has 0 amide bonds. The quantitative estimate of drug-likeness (QED) is 0.558. The maximum Gasteiger partial charge on any atom is 0.106 e. The molecule has 3 aliphatic carbocycles. The van der Waals surface area contributed by atoms with E-state index in [1.54, 1.807) is 0 Å². The summed E-state index contributed by atoms with van der Waals surface area (Å²) in [5.74, 6) is 2.92. The van der Waals surface area contributed by atoms with Crippen molar-refractivity contribution in [3.8, 4) is 0 Å². The summed E-state index contributed by atoms with van der Waals surface area (Å²) in [6, 6.07) is 0. The summed E-state index contributed by atoms with van der Waals surface area (Å²) in [7, 11) is 0. The highest BCUT2D eigenvalue weighted by molar-refractivity contribution is 4.92. The first kappa shape index (κ1) is 16.7. The molecule has 0 aliphatic heterocycles. The normalized spacial score (nSPS) is 50.7. The van der Waals surface area contributed by atoms with Crippen LogP contribution in [0.15, 0.2) is 0 Å². The van der Waals surface area contributed by atoms with Gasteiger partial charge in [-0.05, 0) is 81.0 Å². The molecule has 0 aromatic heterocycles. The van der Waals surface area contributed by atoms with Gasteiger partial charge in [-0.3, -0.25) is 0 Å².